The normalized spacial score (nSPS) is 17.3. The van der Waals surface area contributed by atoms with Crippen molar-refractivity contribution >= 4 is 46.8 Å². The van der Waals surface area contributed by atoms with Gasteiger partial charge in [0.1, 0.15) is 23.6 Å². The number of nitrogens with one attached hydrogen (secondary N) is 4. The number of anilines is 2. The van der Waals surface area contributed by atoms with Crippen LogP contribution in [0.5, 0.6) is 0 Å². The molecule has 8 rings (SSSR count). The molecule has 3 heterocycles. The molecule has 1 fully saturated rings. The maximum atomic E-state index is 15.0. The third kappa shape index (κ3) is 11.1. The van der Waals surface area contributed by atoms with Gasteiger partial charge in [-0.15, -0.1) is 0 Å². The Kier molecular flexibility index (Phi) is 15.4. The summed E-state index contributed by atoms with van der Waals surface area (Å²) in [4.78, 5) is 39.5. The summed E-state index contributed by atoms with van der Waals surface area (Å²) in [5.74, 6) is -1.01. The van der Waals surface area contributed by atoms with E-state index in [1.807, 2.05) is 48.4 Å². The summed E-state index contributed by atoms with van der Waals surface area (Å²) in [5.41, 5.74) is 15.5. The summed E-state index contributed by atoms with van der Waals surface area (Å²) in [6.45, 7) is 3.82. The number of amides is 1. The van der Waals surface area contributed by atoms with Gasteiger partial charge in [0.25, 0.3) is 5.91 Å². The number of hydrogen-bond donors (Lipinski definition) is 4. The van der Waals surface area contributed by atoms with Crippen LogP contribution in [0.3, 0.4) is 0 Å². The SMILES string of the molecule is CC(CCC=O)N1Cc2cc(CCCCCCCNC3CCC(N/C=C(\N=N)c4ccc(Nc5ncc6c(n5)-c5ccc(Cl)cc5C(c5c(F)cccc5F)=NC6)cc4)CC3)ccc2C1=O. The van der Waals surface area contributed by atoms with E-state index in [1.165, 1.54) is 49.4 Å². The van der Waals surface area contributed by atoms with Gasteiger partial charge in [0.05, 0.1) is 23.5 Å². The van der Waals surface area contributed by atoms with Crippen LogP contribution in [0.15, 0.2) is 101 Å². The summed E-state index contributed by atoms with van der Waals surface area (Å²) in [7, 11) is 0. The monoisotopic (exact) mass is 911 g/mol. The topological polar surface area (TPSA) is 148 Å². The lowest BCUT2D eigenvalue weighted by Crippen LogP contribution is -2.38. The Bertz CT molecular complexity index is 2590. The molecule has 1 aliphatic carbocycles. The fourth-order valence-corrected chi connectivity index (χ4v) is 9.45. The zero-order valence-corrected chi connectivity index (χ0v) is 38.0. The van der Waals surface area contributed by atoms with Crippen molar-refractivity contribution in [3.8, 4) is 11.3 Å². The van der Waals surface area contributed by atoms with Crippen molar-refractivity contribution in [2.45, 2.75) is 115 Å². The van der Waals surface area contributed by atoms with Crippen molar-refractivity contribution in [1.29, 1.82) is 5.53 Å². The summed E-state index contributed by atoms with van der Waals surface area (Å²) in [6, 6.07) is 23.6. The van der Waals surface area contributed by atoms with Gasteiger partial charge in [-0.3, -0.25) is 9.79 Å². The van der Waals surface area contributed by atoms with E-state index in [0.717, 1.165) is 73.7 Å². The van der Waals surface area contributed by atoms with Gasteiger partial charge in [-0.05, 0) is 118 Å². The first-order chi connectivity index (χ1) is 32.2. The van der Waals surface area contributed by atoms with Gasteiger partial charge in [0.2, 0.25) is 5.95 Å². The number of halogens is 3. The van der Waals surface area contributed by atoms with E-state index in [0.29, 0.717) is 70.5 Å². The number of aromatic nitrogens is 2. The molecule has 1 amide bonds. The number of aryl methyl sites for hydroxylation is 1. The molecule has 0 saturated heterocycles. The average molecular weight is 913 g/mol. The van der Waals surface area contributed by atoms with E-state index in [-0.39, 0.29) is 29.8 Å². The van der Waals surface area contributed by atoms with Crippen molar-refractivity contribution < 1.29 is 18.4 Å². The molecule has 1 unspecified atom stereocenters. The maximum Gasteiger partial charge on any atom is 0.254 e. The van der Waals surface area contributed by atoms with Crippen LogP contribution < -0.4 is 16.0 Å². The number of rotatable bonds is 20. The predicted octanol–water partition coefficient (Wildman–Crippen LogP) is 11.5. The summed E-state index contributed by atoms with van der Waals surface area (Å²) >= 11 is 6.38. The van der Waals surface area contributed by atoms with Crippen LogP contribution in [0.2, 0.25) is 5.02 Å². The van der Waals surface area contributed by atoms with Crippen molar-refractivity contribution in [2.24, 2.45) is 10.1 Å². The molecule has 2 aliphatic heterocycles. The minimum Gasteiger partial charge on any atom is -0.386 e. The Morgan fingerprint density at radius 2 is 1.65 bits per heavy atom. The second-order valence-electron chi connectivity index (χ2n) is 17.6. The molecule has 342 valence electrons. The first kappa shape index (κ1) is 46.4. The second kappa shape index (κ2) is 21.9. The molecule has 4 aromatic carbocycles. The van der Waals surface area contributed by atoms with Crippen LogP contribution >= 0.6 is 11.6 Å². The van der Waals surface area contributed by atoms with Crippen LogP contribution in [-0.2, 0) is 24.3 Å². The number of benzene rings is 4. The second-order valence-corrected chi connectivity index (χ2v) is 18.0. The minimum atomic E-state index is -0.714. The van der Waals surface area contributed by atoms with Gasteiger partial charge in [-0.1, -0.05) is 67.3 Å². The van der Waals surface area contributed by atoms with Gasteiger partial charge in [0, 0.05) is 82.0 Å². The molecule has 0 radical (unpaired) electrons. The van der Waals surface area contributed by atoms with Crippen LogP contribution in [0.25, 0.3) is 17.0 Å². The molecular weight excluding hydrogens is 856 g/mol. The fourth-order valence-electron chi connectivity index (χ4n) is 9.28. The lowest BCUT2D eigenvalue weighted by atomic mass is 9.91. The van der Waals surface area contributed by atoms with Crippen molar-refractivity contribution in [1.82, 2.24) is 25.5 Å². The largest absolute Gasteiger partial charge is 0.386 e. The van der Waals surface area contributed by atoms with Crippen LogP contribution in [-0.4, -0.2) is 57.4 Å². The average Bonchev–Trinajstić information content (AvgIpc) is 3.57. The number of hydrogen-bond acceptors (Lipinski definition) is 10. The lowest BCUT2D eigenvalue weighted by molar-refractivity contribution is -0.108. The minimum absolute atomic E-state index is 0.0663. The summed E-state index contributed by atoms with van der Waals surface area (Å²) < 4.78 is 29.9. The summed E-state index contributed by atoms with van der Waals surface area (Å²) in [6.07, 6.45) is 16.9. The quantitative estimate of drug-likeness (QED) is 0.0345. The highest BCUT2D eigenvalue weighted by atomic mass is 35.5. The number of carbonyl (C=O) groups is 2. The Hall–Kier alpha value is -6.18. The highest BCUT2D eigenvalue weighted by Gasteiger charge is 2.31. The van der Waals surface area contributed by atoms with E-state index in [4.69, 9.17) is 22.1 Å². The third-order valence-corrected chi connectivity index (χ3v) is 13.2. The molecule has 5 aromatic rings. The number of unbranched alkanes of at least 4 members (excludes halogenated alkanes) is 4. The molecule has 1 saturated carbocycles. The van der Waals surface area contributed by atoms with Gasteiger partial charge in [-0.2, -0.15) is 5.11 Å². The van der Waals surface area contributed by atoms with Crippen molar-refractivity contribution in [3.63, 3.8) is 0 Å². The van der Waals surface area contributed by atoms with Gasteiger partial charge in [-0.25, -0.2) is 24.3 Å². The lowest BCUT2D eigenvalue weighted by Gasteiger charge is -2.29. The van der Waals surface area contributed by atoms with Gasteiger partial charge < -0.3 is 25.6 Å². The molecule has 11 nitrogen and oxygen atoms in total. The van der Waals surface area contributed by atoms with Crippen LogP contribution in [0.4, 0.5) is 20.4 Å². The van der Waals surface area contributed by atoms with Crippen LogP contribution in [0, 0.1) is 17.2 Å². The number of carbonyl (C=O) groups excluding carboxylic acids is 2. The van der Waals surface area contributed by atoms with Gasteiger partial charge in [0.15, 0.2) is 0 Å². The molecule has 1 atom stereocenters. The molecule has 0 spiro atoms. The van der Waals surface area contributed by atoms with E-state index in [9.17, 15) is 18.4 Å². The fraction of sp³-hybridized carbons (Fsp3) is 0.365. The zero-order chi connectivity index (χ0) is 46.0. The molecule has 1 aromatic heterocycles. The molecule has 66 heavy (non-hydrogen) atoms. The maximum absolute atomic E-state index is 15.0. The zero-order valence-electron chi connectivity index (χ0n) is 37.3. The molecule has 0 bridgehead atoms. The van der Waals surface area contributed by atoms with Crippen LogP contribution in [0.1, 0.15) is 121 Å². The highest BCUT2D eigenvalue weighted by molar-refractivity contribution is 6.31. The summed E-state index contributed by atoms with van der Waals surface area (Å²) in [5, 5.41) is 14.8. The van der Waals surface area contributed by atoms with Crippen molar-refractivity contribution in [2.75, 3.05) is 11.9 Å². The molecule has 14 heteroatoms. The third-order valence-electron chi connectivity index (χ3n) is 13.0. The number of aliphatic imine (C=N–C) groups is 1. The van der Waals surface area contributed by atoms with E-state index < -0.39 is 11.6 Å². The van der Waals surface area contributed by atoms with Crippen molar-refractivity contribution in [3.05, 3.63) is 147 Å². The Morgan fingerprint density at radius 1 is 0.909 bits per heavy atom. The van der Waals surface area contributed by atoms with E-state index in [2.05, 4.69) is 43.2 Å². The predicted molar refractivity (Wildman–Crippen MR) is 256 cm³/mol. The Labute approximate surface area is 390 Å². The number of aldehydes is 1. The smallest absolute Gasteiger partial charge is 0.254 e. The first-order valence-corrected chi connectivity index (χ1v) is 23.5. The van der Waals surface area contributed by atoms with E-state index in [1.54, 1.807) is 24.4 Å². The molecule has 4 N–H and O–H groups in total. The standard InChI is InChI=1S/C52H56ClF2N9O2/c1-33(9-8-26-65)64-32-36-27-34(13-23-42(36)51(64)66)10-5-3-2-4-6-25-57-39-19-21-40(22-20-39)58-31-47(63-56)35-14-17-41(18-15-35)61-52-60-30-37-29-59-50(48-45(54)11-7-12-46(48)55)44-28-38(53)16-24-43(44)49(37)62-52/h7,11-18,23-24,26-28,30-31,33,39-40,56-58H,2-6,8-10,19-22,25,29,32H2,1H3,(H,60,61,62)/b47-31-,63-56?. The Morgan fingerprint density at radius 3 is 2.42 bits per heavy atom. The number of fused-ring (bicyclic) bond motifs is 4. The highest BCUT2D eigenvalue weighted by Crippen LogP contribution is 2.35. The molecule has 3 aliphatic rings. The number of nitrogens with zero attached hydrogens (tertiary/aromatic N) is 5. The first-order valence-electron chi connectivity index (χ1n) is 23.1. The van der Waals surface area contributed by atoms with E-state index >= 15 is 0 Å². The Balaban J connectivity index is 0.750. The van der Waals surface area contributed by atoms with Gasteiger partial charge >= 0.3 is 0 Å². The molecular formula is C52H56ClF2N9O2.